The fourth-order valence-electron chi connectivity index (χ4n) is 2.06. The first-order chi connectivity index (χ1) is 9.85. The number of hydrogen-bond donors (Lipinski definition) is 2. The van der Waals surface area contributed by atoms with Crippen molar-refractivity contribution in [3.63, 3.8) is 0 Å². The lowest BCUT2D eigenvalue weighted by Crippen LogP contribution is -2.42. The zero-order valence-electron chi connectivity index (χ0n) is 13.2. The van der Waals surface area contributed by atoms with Gasteiger partial charge in [0.25, 0.3) is 0 Å². The van der Waals surface area contributed by atoms with Crippen molar-refractivity contribution in [2.75, 3.05) is 19.8 Å². The number of ether oxygens (including phenoxy) is 2. The van der Waals surface area contributed by atoms with Gasteiger partial charge < -0.3 is 19.9 Å². The van der Waals surface area contributed by atoms with Crippen molar-refractivity contribution in [2.24, 2.45) is 0 Å². The molecular weight excluding hydrogens is 306 g/mol. The SMILES string of the molecule is CC(C)(C)NCC(O)COc1ccc2c(c1)C(=O)OCC2.Cl. The monoisotopic (exact) mass is 329 g/mol. The van der Waals surface area contributed by atoms with Gasteiger partial charge >= 0.3 is 5.97 Å². The van der Waals surface area contributed by atoms with Crippen molar-refractivity contribution in [1.29, 1.82) is 0 Å². The van der Waals surface area contributed by atoms with Crippen LogP contribution in [0.25, 0.3) is 0 Å². The Balaban J connectivity index is 0.00000242. The summed E-state index contributed by atoms with van der Waals surface area (Å²) >= 11 is 0. The van der Waals surface area contributed by atoms with Gasteiger partial charge in [0.1, 0.15) is 18.5 Å². The fourth-order valence-corrected chi connectivity index (χ4v) is 2.06. The average Bonchev–Trinajstić information content (AvgIpc) is 2.43. The molecule has 0 radical (unpaired) electrons. The molecule has 0 aliphatic carbocycles. The fraction of sp³-hybridized carbons (Fsp3) is 0.562. The maximum atomic E-state index is 11.7. The van der Waals surface area contributed by atoms with E-state index in [1.807, 2.05) is 32.9 Å². The van der Waals surface area contributed by atoms with Gasteiger partial charge in [-0.2, -0.15) is 0 Å². The van der Waals surface area contributed by atoms with Crippen LogP contribution in [0, 0.1) is 0 Å². The third-order valence-corrected chi connectivity index (χ3v) is 3.22. The van der Waals surface area contributed by atoms with Crippen LogP contribution in [0.5, 0.6) is 5.75 Å². The molecule has 1 heterocycles. The number of carbonyl (C=O) groups excluding carboxylic acids is 1. The number of fused-ring (bicyclic) bond motifs is 1. The number of hydrogen-bond acceptors (Lipinski definition) is 5. The van der Waals surface area contributed by atoms with Crippen LogP contribution in [-0.2, 0) is 11.2 Å². The molecule has 0 fully saturated rings. The predicted molar refractivity (Wildman–Crippen MR) is 86.9 cm³/mol. The van der Waals surface area contributed by atoms with Crippen molar-refractivity contribution >= 4 is 18.4 Å². The topological polar surface area (TPSA) is 67.8 Å². The number of halogens is 1. The van der Waals surface area contributed by atoms with Gasteiger partial charge in [-0.1, -0.05) is 6.07 Å². The molecule has 1 aliphatic heterocycles. The Morgan fingerprint density at radius 2 is 2.14 bits per heavy atom. The summed E-state index contributed by atoms with van der Waals surface area (Å²) in [6.45, 7) is 7.18. The Morgan fingerprint density at radius 3 is 2.82 bits per heavy atom. The second-order valence-electron chi connectivity index (χ2n) is 6.30. The molecule has 0 amide bonds. The van der Waals surface area contributed by atoms with Gasteiger partial charge in [-0.25, -0.2) is 4.79 Å². The molecule has 124 valence electrons. The van der Waals surface area contributed by atoms with Crippen molar-refractivity contribution in [3.8, 4) is 5.75 Å². The number of benzene rings is 1. The summed E-state index contributed by atoms with van der Waals surface area (Å²) in [4.78, 5) is 11.7. The lowest BCUT2D eigenvalue weighted by Gasteiger charge is -2.23. The van der Waals surface area contributed by atoms with E-state index in [0.717, 1.165) is 12.0 Å². The zero-order valence-corrected chi connectivity index (χ0v) is 14.0. The van der Waals surface area contributed by atoms with Crippen molar-refractivity contribution in [1.82, 2.24) is 5.32 Å². The minimum absolute atomic E-state index is 0. The highest BCUT2D eigenvalue weighted by molar-refractivity contribution is 5.92. The van der Waals surface area contributed by atoms with Crippen LogP contribution in [0.3, 0.4) is 0 Å². The molecule has 0 spiro atoms. The Labute approximate surface area is 137 Å². The van der Waals surface area contributed by atoms with Crippen LogP contribution in [0.15, 0.2) is 18.2 Å². The van der Waals surface area contributed by atoms with Crippen LogP contribution < -0.4 is 10.1 Å². The van der Waals surface area contributed by atoms with Crippen LogP contribution in [0.1, 0.15) is 36.7 Å². The third kappa shape index (κ3) is 5.48. The van der Waals surface area contributed by atoms with E-state index in [1.54, 1.807) is 6.07 Å². The summed E-state index contributed by atoms with van der Waals surface area (Å²) in [5.74, 6) is 0.263. The summed E-state index contributed by atoms with van der Waals surface area (Å²) < 4.78 is 10.6. The highest BCUT2D eigenvalue weighted by Crippen LogP contribution is 2.22. The first-order valence-electron chi connectivity index (χ1n) is 7.21. The predicted octanol–water partition coefficient (Wildman–Crippen LogP) is 1.95. The van der Waals surface area contributed by atoms with Crippen molar-refractivity contribution in [3.05, 3.63) is 29.3 Å². The van der Waals surface area contributed by atoms with E-state index < -0.39 is 6.10 Å². The van der Waals surface area contributed by atoms with Gasteiger partial charge in [0, 0.05) is 18.5 Å². The van der Waals surface area contributed by atoms with Gasteiger partial charge in [0.2, 0.25) is 0 Å². The summed E-state index contributed by atoms with van der Waals surface area (Å²) in [6.07, 6.45) is 0.131. The molecule has 1 aromatic carbocycles. The number of aliphatic hydroxyl groups excluding tert-OH is 1. The number of rotatable bonds is 5. The highest BCUT2D eigenvalue weighted by atomic mass is 35.5. The number of esters is 1. The van der Waals surface area contributed by atoms with E-state index in [4.69, 9.17) is 9.47 Å². The van der Waals surface area contributed by atoms with Crippen LogP contribution >= 0.6 is 12.4 Å². The standard InChI is InChI=1S/C16H23NO4.ClH/c1-16(2,3)17-9-12(18)10-21-13-5-4-11-6-7-20-15(19)14(11)8-13;/h4-5,8,12,17-18H,6-7,9-10H2,1-3H3;1H. The first kappa shape index (κ1) is 18.7. The number of carbonyl (C=O) groups is 1. The van der Waals surface area contributed by atoms with Crippen molar-refractivity contribution in [2.45, 2.75) is 38.8 Å². The van der Waals surface area contributed by atoms with E-state index in [-0.39, 0.29) is 30.5 Å². The van der Waals surface area contributed by atoms with E-state index in [9.17, 15) is 9.90 Å². The van der Waals surface area contributed by atoms with Gasteiger partial charge in [0.15, 0.2) is 0 Å². The van der Waals surface area contributed by atoms with E-state index >= 15 is 0 Å². The van der Waals surface area contributed by atoms with E-state index in [1.165, 1.54) is 0 Å². The molecule has 0 saturated heterocycles. The molecule has 0 saturated carbocycles. The number of cyclic esters (lactones) is 1. The number of nitrogens with one attached hydrogen (secondary N) is 1. The summed E-state index contributed by atoms with van der Waals surface area (Å²) in [6, 6.07) is 5.38. The molecule has 22 heavy (non-hydrogen) atoms. The van der Waals surface area contributed by atoms with Crippen LogP contribution in [0.4, 0.5) is 0 Å². The molecule has 1 unspecified atom stereocenters. The summed E-state index contributed by atoms with van der Waals surface area (Å²) in [5, 5.41) is 13.1. The average molecular weight is 330 g/mol. The zero-order chi connectivity index (χ0) is 15.5. The lowest BCUT2D eigenvalue weighted by atomic mass is 10.0. The number of aliphatic hydroxyl groups is 1. The summed E-state index contributed by atoms with van der Waals surface area (Å²) in [7, 11) is 0. The largest absolute Gasteiger partial charge is 0.491 e. The maximum Gasteiger partial charge on any atom is 0.338 e. The molecule has 5 nitrogen and oxygen atoms in total. The lowest BCUT2D eigenvalue weighted by molar-refractivity contribution is 0.0479. The second-order valence-corrected chi connectivity index (χ2v) is 6.30. The normalized spacial score (nSPS) is 15.4. The van der Waals surface area contributed by atoms with Gasteiger partial charge in [-0.15, -0.1) is 12.4 Å². The Kier molecular flexibility index (Phi) is 6.66. The molecule has 2 N–H and O–H groups in total. The number of β-amino-alcohol motifs (C(OH)–C–C–N with tert-alkyl or cyclic N) is 1. The molecule has 0 bridgehead atoms. The van der Waals surface area contributed by atoms with Crippen LogP contribution in [-0.4, -0.2) is 42.5 Å². The minimum atomic E-state index is -0.604. The van der Waals surface area contributed by atoms with E-state index in [2.05, 4.69) is 5.32 Å². The van der Waals surface area contributed by atoms with Crippen molar-refractivity contribution < 1.29 is 19.4 Å². The maximum absolute atomic E-state index is 11.7. The Bertz CT molecular complexity index is 513. The molecule has 6 heteroatoms. The first-order valence-corrected chi connectivity index (χ1v) is 7.21. The van der Waals surface area contributed by atoms with Crippen LogP contribution in [0.2, 0.25) is 0 Å². The summed E-state index contributed by atoms with van der Waals surface area (Å²) in [5.41, 5.74) is 1.49. The van der Waals surface area contributed by atoms with Gasteiger partial charge in [-0.05, 0) is 38.5 Å². The molecular formula is C16H24ClNO4. The smallest absolute Gasteiger partial charge is 0.338 e. The Hall–Kier alpha value is -1.30. The third-order valence-electron chi connectivity index (χ3n) is 3.22. The Morgan fingerprint density at radius 1 is 1.41 bits per heavy atom. The van der Waals surface area contributed by atoms with E-state index in [0.29, 0.717) is 24.5 Å². The highest BCUT2D eigenvalue weighted by Gasteiger charge is 2.19. The van der Waals surface area contributed by atoms with Gasteiger partial charge in [-0.3, -0.25) is 0 Å². The molecule has 0 aromatic heterocycles. The molecule has 2 rings (SSSR count). The minimum Gasteiger partial charge on any atom is -0.491 e. The second kappa shape index (κ2) is 7.81. The molecule has 1 atom stereocenters. The van der Waals surface area contributed by atoms with Gasteiger partial charge in [0.05, 0.1) is 12.2 Å². The molecule has 1 aromatic rings. The molecule has 1 aliphatic rings. The quantitative estimate of drug-likeness (QED) is 0.808.